The van der Waals surface area contributed by atoms with Gasteiger partial charge >= 0.3 is 0 Å². The Balaban J connectivity index is 1.50. The van der Waals surface area contributed by atoms with Gasteiger partial charge in [-0.3, -0.25) is 9.67 Å². The van der Waals surface area contributed by atoms with E-state index in [0.717, 1.165) is 30.9 Å². The fraction of sp³-hybridized carbons (Fsp3) is 0.200. The first kappa shape index (κ1) is 19.1. The van der Waals surface area contributed by atoms with Crippen LogP contribution in [0.1, 0.15) is 29.5 Å². The second kappa shape index (κ2) is 9.30. The first-order valence-electron chi connectivity index (χ1n) is 10.1. The summed E-state index contributed by atoms with van der Waals surface area (Å²) in [6.45, 7) is 4.70. The van der Waals surface area contributed by atoms with Gasteiger partial charge < -0.3 is 5.32 Å². The molecule has 4 heteroatoms. The van der Waals surface area contributed by atoms with Crippen LogP contribution >= 0.6 is 0 Å². The zero-order chi connectivity index (χ0) is 19.9. The number of nitrogens with zero attached hydrogens (tertiary/aromatic N) is 3. The number of rotatable bonds is 8. The minimum absolute atomic E-state index is 0.456. The molecule has 2 aromatic heterocycles. The highest BCUT2D eigenvalue weighted by molar-refractivity contribution is 5.61. The van der Waals surface area contributed by atoms with Gasteiger partial charge in [0.1, 0.15) is 0 Å². The Morgan fingerprint density at radius 1 is 0.931 bits per heavy atom. The third-order valence-corrected chi connectivity index (χ3v) is 5.09. The second-order valence-corrected chi connectivity index (χ2v) is 7.37. The normalized spacial score (nSPS) is 12.0. The van der Waals surface area contributed by atoms with Gasteiger partial charge in [-0.05, 0) is 29.2 Å². The average Bonchev–Trinajstić information content (AvgIpc) is 3.18. The van der Waals surface area contributed by atoms with E-state index in [0.29, 0.717) is 5.92 Å². The molecule has 4 rings (SSSR count). The van der Waals surface area contributed by atoms with Crippen molar-refractivity contribution in [3.63, 3.8) is 0 Å². The summed E-state index contributed by atoms with van der Waals surface area (Å²) < 4.78 is 2.02. The van der Waals surface area contributed by atoms with Gasteiger partial charge in [-0.15, -0.1) is 0 Å². The summed E-state index contributed by atoms with van der Waals surface area (Å²) in [6.07, 6.45) is 5.82. The summed E-state index contributed by atoms with van der Waals surface area (Å²) in [5, 5.41) is 8.48. The van der Waals surface area contributed by atoms with Crippen molar-refractivity contribution in [2.45, 2.75) is 25.9 Å². The smallest absolute Gasteiger partial charge is 0.0983 e. The van der Waals surface area contributed by atoms with Crippen LogP contribution in [-0.4, -0.2) is 21.3 Å². The van der Waals surface area contributed by atoms with Gasteiger partial charge in [0.25, 0.3) is 0 Å². The number of hydrogen-bond acceptors (Lipinski definition) is 3. The maximum atomic E-state index is 4.87. The molecule has 0 bridgehead atoms. The molecular formula is C25H26N4. The second-order valence-electron chi connectivity index (χ2n) is 7.37. The zero-order valence-corrected chi connectivity index (χ0v) is 16.7. The Labute approximate surface area is 172 Å². The molecule has 2 heterocycles. The van der Waals surface area contributed by atoms with E-state index in [1.54, 1.807) is 6.20 Å². The van der Waals surface area contributed by atoms with Crippen molar-refractivity contribution < 1.29 is 0 Å². The molecule has 0 spiro atoms. The summed E-state index contributed by atoms with van der Waals surface area (Å²) >= 11 is 0. The standard InChI is InChI=1S/C25H26N4/c1-20(22-11-6-3-7-12-22)15-27-17-24-19-29(18-21-9-4-2-5-10-21)28-25(24)23-13-8-14-26-16-23/h2-14,16,19-20,27H,15,17-18H2,1H3. The van der Waals surface area contributed by atoms with E-state index in [2.05, 4.69) is 84.1 Å². The number of aromatic nitrogens is 3. The predicted molar refractivity (Wildman–Crippen MR) is 118 cm³/mol. The van der Waals surface area contributed by atoms with Crippen LogP contribution in [0.15, 0.2) is 91.4 Å². The highest BCUT2D eigenvalue weighted by Crippen LogP contribution is 2.22. The van der Waals surface area contributed by atoms with Crippen LogP contribution in [0.3, 0.4) is 0 Å². The van der Waals surface area contributed by atoms with Crippen LogP contribution in [0.25, 0.3) is 11.3 Å². The molecule has 0 fully saturated rings. The largest absolute Gasteiger partial charge is 0.312 e. The van der Waals surface area contributed by atoms with E-state index in [1.807, 2.05) is 23.0 Å². The van der Waals surface area contributed by atoms with Crippen LogP contribution in [0, 0.1) is 0 Å². The third-order valence-electron chi connectivity index (χ3n) is 5.09. The topological polar surface area (TPSA) is 42.7 Å². The molecule has 1 N–H and O–H groups in total. The number of benzene rings is 2. The fourth-order valence-corrected chi connectivity index (χ4v) is 3.51. The Hall–Kier alpha value is -3.24. The number of pyridine rings is 1. The molecule has 2 aromatic carbocycles. The molecule has 0 amide bonds. The Morgan fingerprint density at radius 2 is 1.69 bits per heavy atom. The summed E-state index contributed by atoms with van der Waals surface area (Å²) in [5.41, 5.74) is 5.83. The fourth-order valence-electron chi connectivity index (χ4n) is 3.51. The third kappa shape index (κ3) is 4.98. The van der Waals surface area contributed by atoms with Crippen molar-refractivity contribution in [1.29, 1.82) is 0 Å². The highest BCUT2D eigenvalue weighted by Gasteiger charge is 2.12. The minimum Gasteiger partial charge on any atom is -0.312 e. The summed E-state index contributed by atoms with van der Waals surface area (Å²) in [6, 6.07) is 25.1. The van der Waals surface area contributed by atoms with Gasteiger partial charge in [0.2, 0.25) is 0 Å². The molecular weight excluding hydrogens is 356 g/mol. The molecule has 0 aliphatic carbocycles. The molecule has 1 atom stereocenters. The first-order valence-corrected chi connectivity index (χ1v) is 10.1. The van der Waals surface area contributed by atoms with Gasteiger partial charge in [0.05, 0.1) is 12.2 Å². The zero-order valence-electron chi connectivity index (χ0n) is 16.7. The Bertz CT molecular complexity index is 1010. The minimum atomic E-state index is 0.456. The van der Waals surface area contributed by atoms with E-state index in [1.165, 1.54) is 16.7 Å². The van der Waals surface area contributed by atoms with Crippen LogP contribution in [0.2, 0.25) is 0 Å². The monoisotopic (exact) mass is 382 g/mol. The van der Waals surface area contributed by atoms with Crippen molar-refractivity contribution in [3.8, 4) is 11.3 Å². The molecule has 0 aliphatic heterocycles. The lowest BCUT2D eigenvalue weighted by Crippen LogP contribution is -2.19. The van der Waals surface area contributed by atoms with Crippen LogP contribution in [-0.2, 0) is 13.1 Å². The van der Waals surface area contributed by atoms with Gasteiger partial charge in [-0.1, -0.05) is 67.6 Å². The molecule has 29 heavy (non-hydrogen) atoms. The van der Waals surface area contributed by atoms with Crippen molar-refractivity contribution in [2.24, 2.45) is 0 Å². The van der Waals surface area contributed by atoms with E-state index < -0.39 is 0 Å². The van der Waals surface area contributed by atoms with Crippen LogP contribution in [0.4, 0.5) is 0 Å². The number of nitrogens with one attached hydrogen (secondary N) is 1. The van der Waals surface area contributed by atoms with Gasteiger partial charge in [0, 0.05) is 42.8 Å². The van der Waals surface area contributed by atoms with Crippen LogP contribution in [0.5, 0.6) is 0 Å². The molecule has 4 nitrogen and oxygen atoms in total. The van der Waals surface area contributed by atoms with E-state index in [9.17, 15) is 0 Å². The lowest BCUT2D eigenvalue weighted by molar-refractivity contribution is 0.614. The van der Waals surface area contributed by atoms with Crippen molar-refractivity contribution in [2.75, 3.05) is 6.54 Å². The molecule has 4 aromatic rings. The quantitative estimate of drug-likeness (QED) is 0.472. The maximum absolute atomic E-state index is 4.87. The molecule has 146 valence electrons. The molecule has 0 saturated carbocycles. The van der Waals surface area contributed by atoms with Crippen molar-refractivity contribution in [3.05, 3.63) is 108 Å². The number of hydrogen-bond donors (Lipinski definition) is 1. The Kier molecular flexibility index (Phi) is 6.13. The molecule has 1 unspecified atom stereocenters. The van der Waals surface area contributed by atoms with Crippen molar-refractivity contribution in [1.82, 2.24) is 20.1 Å². The first-order chi connectivity index (χ1) is 14.3. The van der Waals surface area contributed by atoms with E-state index >= 15 is 0 Å². The van der Waals surface area contributed by atoms with Gasteiger partial charge in [-0.25, -0.2) is 0 Å². The maximum Gasteiger partial charge on any atom is 0.0983 e. The summed E-state index contributed by atoms with van der Waals surface area (Å²) in [5.74, 6) is 0.456. The molecule has 0 saturated heterocycles. The Morgan fingerprint density at radius 3 is 2.41 bits per heavy atom. The lowest BCUT2D eigenvalue weighted by Gasteiger charge is -2.13. The van der Waals surface area contributed by atoms with E-state index in [4.69, 9.17) is 5.10 Å². The van der Waals surface area contributed by atoms with Gasteiger partial charge in [-0.2, -0.15) is 5.10 Å². The summed E-state index contributed by atoms with van der Waals surface area (Å²) in [4.78, 5) is 4.27. The van der Waals surface area contributed by atoms with E-state index in [-0.39, 0.29) is 0 Å². The summed E-state index contributed by atoms with van der Waals surface area (Å²) in [7, 11) is 0. The highest BCUT2D eigenvalue weighted by atomic mass is 15.3. The SMILES string of the molecule is CC(CNCc1cn(Cc2ccccc2)nc1-c1cccnc1)c1ccccc1. The van der Waals surface area contributed by atoms with Crippen molar-refractivity contribution >= 4 is 0 Å². The van der Waals surface area contributed by atoms with Gasteiger partial charge in [0.15, 0.2) is 0 Å². The van der Waals surface area contributed by atoms with Crippen LogP contribution < -0.4 is 5.32 Å². The molecule has 0 aliphatic rings. The predicted octanol–water partition coefficient (Wildman–Crippen LogP) is 4.89. The molecule has 0 radical (unpaired) electrons. The lowest BCUT2D eigenvalue weighted by atomic mass is 10.0. The average molecular weight is 383 g/mol.